The van der Waals surface area contributed by atoms with E-state index >= 15 is 0 Å². The average molecular weight is 480 g/mol. The zero-order valence-electron chi connectivity index (χ0n) is 16.3. The summed E-state index contributed by atoms with van der Waals surface area (Å²) in [4.78, 5) is 16.7. The van der Waals surface area contributed by atoms with Crippen LogP contribution < -0.4 is 10.2 Å². The molecule has 2 aromatic rings. The van der Waals surface area contributed by atoms with E-state index in [-0.39, 0.29) is 5.91 Å². The molecule has 0 spiro atoms. The van der Waals surface area contributed by atoms with Crippen molar-refractivity contribution in [1.29, 1.82) is 0 Å². The summed E-state index contributed by atoms with van der Waals surface area (Å²) in [6.45, 7) is 4.63. The van der Waals surface area contributed by atoms with Gasteiger partial charge in [-0.05, 0) is 29.8 Å². The molecule has 1 aliphatic rings. The number of amides is 1. The zero-order chi connectivity index (χ0) is 20.6. The second-order valence-electron chi connectivity index (χ2n) is 6.82. The van der Waals surface area contributed by atoms with Gasteiger partial charge in [-0.3, -0.25) is 14.6 Å². The van der Waals surface area contributed by atoms with E-state index in [0.717, 1.165) is 53.3 Å². The third-order valence-corrected chi connectivity index (χ3v) is 5.63. The first-order valence-corrected chi connectivity index (χ1v) is 10.6. The van der Waals surface area contributed by atoms with Gasteiger partial charge < -0.3 is 4.74 Å². The second kappa shape index (κ2) is 10.7. The highest BCUT2D eigenvalue weighted by atomic mass is 79.9. The lowest BCUT2D eigenvalue weighted by Gasteiger charge is -2.34. The molecular formula is C21H24BrClN4O2. The Kier molecular flexibility index (Phi) is 8.06. The molecule has 3 rings (SSSR count). The van der Waals surface area contributed by atoms with Crippen LogP contribution in [0.5, 0.6) is 5.75 Å². The van der Waals surface area contributed by atoms with E-state index in [9.17, 15) is 4.79 Å². The van der Waals surface area contributed by atoms with E-state index in [1.807, 2.05) is 36.4 Å². The third kappa shape index (κ3) is 6.54. The lowest BCUT2D eigenvalue weighted by molar-refractivity contribution is -0.122. The molecule has 8 heteroatoms. The van der Waals surface area contributed by atoms with Gasteiger partial charge in [0.25, 0.3) is 5.91 Å². The first-order valence-electron chi connectivity index (χ1n) is 9.38. The van der Waals surface area contributed by atoms with E-state index in [0.29, 0.717) is 12.3 Å². The van der Waals surface area contributed by atoms with Gasteiger partial charge in [0.15, 0.2) is 0 Å². The van der Waals surface area contributed by atoms with Crippen molar-refractivity contribution in [3.05, 3.63) is 63.1 Å². The molecule has 0 aromatic heterocycles. The molecule has 6 nitrogen and oxygen atoms in total. The normalized spacial score (nSPS) is 15.6. The van der Waals surface area contributed by atoms with Crippen LogP contribution in [0, 0.1) is 0 Å². The van der Waals surface area contributed by atoms with Crippen LogP contribution in [0.25, 0.3) is 0 Å². The molecule has 1 heterocycles. The van der Waals surface area contributed by atoms with Crippen molar-refractivity contribution in [2.75, 3.05) is 39.8 Å². The smallest absolute Gasteiger partial charge is 0.254 e. The van der Waals surface area contributed by atoms with Gasteiger partial charge in [0.2, 0.25) is 0 Å². The van der Waals surface area contributed by atoms with Gasteiger partial charge in [-0.1, -0.05) is 45.7 Å². The van der Waals surface area contributed by atoms with Crippen LogP contribution in [-0.2, 0) is 11.3 Å². The summed E-state index contributed by atoms with van der Waals surface area (Å²) in [5.41, 5.74) is 4.52. The number of benzene rings is 2. The maximum absolute atomic E-state index is 12.2. The van der Waals surface area contributed by atoms with Gasteiger partial charge in [0.1, 0.15) is 5.75 Å². The fourth-order valence-electron chi connectivity index (χ4n) is 3.19. The van der Waals surface area contributed by atoms with E-state index < -0.39 is 0 Å². The van der Waals surface area contributed by atoms with Crippen molar-refractivity contribution in [2.24, 2.45) is 5.10 Å². The van der Waals surface area contributed by atoms with Crippen molar-refractivity contribution in [3.8, 4) is 5.75 Å². The molecule has 0 saturated carbocycles. The molecule has 29 heavy (non-hydrogen) atoms. The number of nitrogens with zero attached hydrogens (tertiary/aromatic N) is 3. The molecule has 0 atom stereocenters. The van der Waals surface area contributed by atoms with E-state index in [4.69, 9.17) is 16.3 Å². The molecule has 1 N–H and O–H groups in total. The number of hydrogen-bond acceptors (Lipinski definition) is 5. The minimum absolute atomic E-state index is 0.130. The van der Waals surface area contributed by atoms with Crippen LogP contribution in [0.3, 0.4) is 0 Å². The lowest BCUT2D eigenvalue weighted by Crippen LogP contribution is -2.48. The van der Waals surface area contributed by atoms with E-state index in [1.54, 1.807) is 13.3 Å². The Morgan fingerprint density at radius 3 is 2.66 bits per heavy atom. The molecule has 1 fully saturated rings. The van der Waals surface area contributed by atoms with Crippen molar-refractivity contribution in [3.63, 3.8) is 0 Å². The molecule has 1 saturated heterocycles. The lowest BCUT2D eigenvalue weighted by atomic mass is 10.2. The zero-order valence-corrected chi connectivity index (χ0v) is 18.6. The maximum atomic E-state index is 12.2. The van der Waals surface area contributed by atoms with E-state index in [2.05, 4.69) is 42.3 Å². The number of hydrogen-bond donors (Lipinski definition) is 1. The summed E-state index contributed by atoms with van der Waals surface area (Å²) in [5, 5.41) is 4.86. The number of hydrazone groups is 1. The van der Waals surface area contributed by atoms with Crippen LogP contribution in [0.2, 0.25) is 5.02 Å². The van der Waals surface area contributed by atoms with Gasteiger partial charge in [-0.2, -0.15) is 5.10 Å². The number of halogens is 2. The fraction of sp³-hybridized carbons (Fsp3) is 0.333. The second-order valence-corrected chi connectivity index (χ2v) is 8.15. The van der Waals surface area contributed by atoms with E-state index in [1.165, 1.54) is 0 Å². The number of nitrogens with one attached hydrogen (secondary N) is 1. The first kappa shape index (κ1) is 21.8. The van der Waals surface area contributed by atoms with Crippen LogP contribution in [0.4, 0.5) is 0 Å². The maximum Gasteiger partial charge on any atom is 0.254 e. The summed E-state index contributed by atoms with van der Waals surface area (Å²) in [6, 6.07) is 13.5. The highest BCUT2D eigenvalue weighted by Crippen LogP contribution is 2.21. The van der Waals surface area contributed by atoms with Crippen molar-refractivity contribution in [2.45, 2.75) is 6.54 Å². The van der Waals surface area contributed by atoms with Gasteiger partial charge in [-0.25, -0.2) is 5.43 Å². The van der Waals surface area contributed by atoms with Crippen molar-refractivity contribution < 1.29 is 9.53 Å². The summed E-state index contributed by atoms with van der Waals surface area (Å²) in [6.07, 6.45) is 1.59. The largest absolute Gasteiger partial charge is 0.496 e. The SMILES string of the molecule is COc1ccc(Br)cc1/C=N/NC(=O)CN1CCN(Cc2ccccc2Cl)CC1. The molecule has 1 aliphatic heterocycles. The predicted molar refractivity (Wildman–Crippen MR) is 120 cm³/mol. The average Bonchev–Trinajstić information content (AvgIpc) is 2.71. The number of carbonyl (C=O) groups excluding carboxylic acids is 1. The van der Waals surface area contributed by atoms with Crippen molar-refractivity contribution >= 4 is 39.7 Å². The van der Waals surface area contributed by atoms with Crippen LogP contribution in [0.15, 0.2) is 52.0 Å². The quantitative estimate of drug-likeness (QED) is 0.489. The number of piperazine rings is 1. The molecule has 0 bridgehead atoms. The molecule has 0 radical (unpaired) electrons. The van der Waals surface area contributed by atoms with Crippen LogP contribution in [-0.4, -0.2) is 61.8 Å². The number of ether oxygens (including phenoxy) is 1. The molecule has 0 unspecified atom stereocenters. The Morgan fingerprint density at radius 2 is 1.93 bits per heavy atom. The summed E-state index contributed by atoms with van der Waals surface area (Å²) >= 11 is 9.67. The highest BCUT2D eigenvalue weighted by molar-refractivity contribution is 9.10. The summed E-state index contributed by atoms with van der Waals surface area (Å²) < 4.78 is 6.21. The van der Waals surface area contributed by atoms with Gasteiger partial charge >= 0.3 is 0 Å². The van der Waals surface area contributed by atoms with Crippen molar-refractivity contribution in [1.82, 2.24) is 15.2 Å². The minimum atomic E-state index is -0.130. The minimum Gasteiger partial charge on any atom is -0.496 e. The predicted octanol–water partition coefficient (Wildman–Crippen LogP) is 3.38. The summed E-state index contributed by atoms with van der Waals surface area (Å²) in [7, 11) is 1.60. The topological polar surface area (TPSA) is 57.2 Å². The summed E-state index contributed by atoms with van der Waals surface area (Å²) in [5.74, 6) is 0.565. The highest BCUT2D eigenvalue weighted by Gasteiger charge is 2.19. The number of carbonyl (C=O) groups is 1. The first-order chi connectivity index (χ1) is 14.0. The molecular weight excluding hydrogens is 456 g/mol. The van der Waals surface area contributed by atoms with Crippen LogP contribution >= 0.6 is 27.5 Å². The monoisotopic (exact) mass is 478 g/mol. The Hall–Kier alpha value is -1.93. The van der Waals surface area contributed by atoms with Crippen LogP contribution in [0.1, 0.15) is 11.1 Å². The Balaban J connectivity index is 1.43. The Bertz CT molecular complexity index is 870. The Morgan fingerprint density at radius 1 is 1.21 bits per heavy atom. The molecule has 1 amide bonds. The fourth-order valence-corrected chi connectivity index (χ4v) is 3.77. The number of rotatable bonds is 7. The molecule has 154 valence electrons. The van der Waals surface area contributed by atoms with Gasteiger partial charge in [0.05, 0.1) is 19.9 Å². The molecule has 0 aliphatic carbocycles. The standard InChI is InChI=1S/C21H24BrClN4O2/c1-29-20-7-6-18(22)12-17(20)13-24-25-21(28)15-27-10-8-26(9-11-27)14-16-4-2-3-5-19(16)23/h2-7,12-13H,8-11,14-15H2,1H3,(H,25,28)/b24-13+. The number of methoxy groups -OCH3 is 1. The van der Waals surface area contributed by atoms with Gasteiger partial charge in [0, 0.05) is 47.8 Å². The Labute approximate surface area is 184 Å². The molecule has 2 aromatic carbocycles. The van der Waals surface area contributed by atoms with Gasteiger partial charge in [-0.15, -0.1) is 0 Å². The third-order valence-electron chi connectivity index (χ3n) is 4.77.